The van der Waals surface area contributed by atoms with Crippen LogP contribution in [0.15, 0.2) is 0 Å². The Labute approximate surface area is 129 Å². The molecule has 1 rings (SSSR count). The van der Waals surface area contributed by atoms with Crippen LogP contribution in [0.1, 0.15) is 39.5 Å². The quantitative estimate of drug-likeness (QED) is 0.714. The Morgan fingerprint density at radius 2 is 1.90 bits per heavy atom. The van der Waals surface area contributed by atoms with Crippen LogP contribution in [-0.4, -0.2) is 73.3 Å². The van der Waals surface area contributed by atoms with Gasteiger partial charge in [-0.05, 0) is 45.8 Å². The molecular formula is C16H31N3O2. The first kappa shape index (κ1) is 18.0. The van der Waals surface area contributed by atoms with Gasteiger partial charge in [-0.1, -0.05) is 6.92 Å². The predicted octanol–water partition coefficient (Wildman–Crippen LogP) is 1.44. The minimum atomic E-state index is 0.0635. The van der Waals surface area contributed by atoms with Crippen molar-refractivity contribution < 1.29 is 9.59 Å². The summed E-state index contributed by atoms with van der Waals surface area (Å²) in [5.41, 5.74) is 0. The number of carbonyl (C=O) groups is 2. The highest BCUT2D eigenvalue weighted by molar-refractivity contribution is 5.78. The maximum Gasteiger partial charge on any atom is 0.224 e. The fraction of sp³-hybridized carbons (Fsp3) is 0.875. The second-order valence-corrected chi connectivity index (χ2v) is 6.50. The molecule has 0 bridgehead atoms. The van der Waals surface area contributed by atoms with Gasteiger partial charge in [0.1, 0.15) is 0 Å². The summed E-state index contributed by atoms with van der Waals surface area (Å²) >= 11 is 0. The van der Waals surface area contributed by atoms with E-state index in [0.29, 0.717) is 18.9 Å². The summed E-state index contributed by atoms with van der Waals surface area (Å²) in [4.78, 5) is 29.8. The summed E-state index contributed by atoms with van der Waals surface area (Å²) in [7, 11) is 4.05. The molecule has 1 atom stereocenters. The van der Waals surface area contributed by atoms with Crippen molar-refractivity contribution in [2.75, 3.05) is 46.8 Å². The van der Waals surface area contributed by atoms with Crippen molar-refractivity contribution in [2.24, 2.45) is 5.92 Å². The van der Waals surface area contributed by atoms with Gasteiger partial charge in [-0.15, -0.1) is 0 Å². The Morgan fingerprint density at radius 3 is 2.48 bits per heavy atom. The second kappa shape index (κ2) is 9.03. The number of piperidine rings is 1. The topological polar surface area (TPSA) is 43.9 Å². The third-order valence-corrected chi connectivity index (χ3v) is 4.08. The van der Waals surface area contributed by atoms with Crippen LogP contribution >= 0.6 is 0 Å². The van der Waals surface area contributed by atoms with Gasteiger partial charge in [0.05, 0.1) is 0 Å². The van der Waals surface area contributed by atoms with Crippen molar-refractivity contribution >= 4 is 11.8 Å². The molecule has 1 saturated heterocycles. The van der Waals surface area contributed by atoms with Crippen LogP contribution in [0.5, 0.6) is 0 Å². The molecule has 0 aliphatic carbocycles. The second-order valence-electron chi connectivity index (χ2n) is 6.50. The lowest BCUT2D eigenvalue weighted by Crippen LogP contribution is -2.41. The van der Waals surface area contributed by atoms with Gasteiger partial charge in [-0.25, -0.2) is 0 Å². The number of carbonyl (C=O) groups excluding carboxylic acids is 2. The summed E-state index contributed by atoms with van der Waals surface area (Å²) in [6, 6.07) is 0. The van der Waals surface area contributed by atoms with Crippen molar-refractivity contribution in [3.8, 4) is 0 Å². The Hall–Kier alpha value is -1.10. The number of rotatable bonds is 7. The minimum absolute atomic E-state index is 0.0635. The highest BCUT2D eigenvalue weighted by atomic mass is 16.2. The van der Waals surface area contributed by atoms with Gasteiger partial charge < -0.3 is 14.7 Å². The van der Waals surface area contributed by atoms with E-state index in [1.54, 1.807) is 11.8 Å². The summed E-state index contributed by atoms with van der Waals surface area (Å²) in [6.45, 7) is 7.78. The van der Waals surface area contributed by atoms with Crippen molar-refractivity contribution in [3.05, 3.63) is 0 Å². The summed E-state index contributed by atoms with van der Waals surface area (Å²) in [6.07, 6.45) is 3.72. The summed E-state index contributed by atoms with van der Waals surface area (Å²) < 4.78 is 0. The van der Waals surface area contributed by atoms with E-state index in [1.165, 1.54) is 6.42 Å². The first-order chi connectivity index (χ1) is 9.90. The number of amides is 2. The summed E-state index contributed by atoms with van der Waals surface area (Å²) in [5, 5.41) is 0. The molecule has 122 valence electrons. The van der Waals surface area contributed by atoms with Crippen LogP contribution in [0.2, 0.25) is 0 Å². The van der Waals surface area contributed by atoms with E-state index in [0.717, 1.165) is 39.0 Å². The molecule has 21 heavy (non-hydrogen) atoms. The molecule has 5 heteroatoms. The zero-order valence-electron chi connectivity index (χ0n) is 14.1. The Kier molecular flexibility index (Phi) is 7.72. The highest BCUT2D eigenvalue weighted by Gasteiger charge is 2.21. The highest BCUT2D eigenvalue weighted by Crippen LogP contribution is 2.16. The smallest absolute Gasteiger partial charge is 0.224 e. The predicted molar refractivity (Wildman–Crippen MR) is 85.0 cm³/mol. The SMILES string of the molecule is CC(=O)N(CCCN(C)C)CCC(=O)N1CCCC(C)C1. The standard InChI is InChI=1S/C16H31N3O2/c1-14-7-5-10-19(13-14)16(21)8-12-18(15(2)20)11-6-9-17(3)4/h14H,5-13H2,1-4H3. The van der Waals surface area contributed by atoms with Crippen LogP contribution in [-0.2, 0) is 9.59 Å². The minimum Gasteiger partial charge on any atom is -0.342 e. The first-order valence-corrected chi connectivity index (χ1v) is 8.08. The molecule has 1 heterocycles. The van der Waals surface area contributed by atoms with E-state index in [4.69, 9.17) is 0 Å². The Balaban J connectivity index is 2.34. The third kappa shape index (κ3) is 6.93. The zero-order chi connectivity index (χ0) is 15.8. The molecule has 0 saturated carbocycles. The first-order valence-electron chi connectivity index (χ1n) is 8.08. The summed E-state index contributed by atoms with van der Waals surface area (Å²) in [5.74, 6) is 0.862. The lowest BCUT2D eigenvalue weighted by Gasteiger charge is -2.31. The normalized spacial score (nSPS) is 18.9. The van der Waals surface area contributed by atoms with E-state index < -0.39 is 0 Å². The van der Waals surface area contributed by atoms with Gasteiger partial charge in [0, 0.05) is 39.5 Å². The van der Waals surface area contributed by atoms with E-state index in [9.17, 15) is 9.59 Å². The average Bonchev–Trinajstić information content (AvgIpc) is 2.41. The maximum atomic E-state index is 12.2. The Morgan fingerprint density at radius 1 is 1.19 bits per heavy atom. The molecular weight excluding hydrogens is 266 g/mol. The van der Waals surface area contributed by atoms with Crippen molar-refractivity contribution in [3.63, 3.8) is 0 Å². The van der Waals surface area contributed by atoms with Gasteiger partial charge >= 0.3 is 0 Å². The molecule has 0 aromatic carbocycles. The van der Waals surface area contributed by atoms with Crippen LogP contribution in [0.3, 0.4) is 0 Å². The van der Waals surface area contributed by atoms with Crippen LogP contribution in [0.25, 0.3) is 0 Å². The molecule has 1 aliphatic rings. The van der Waals surface area contributed by atoms with Crippen molar-refractivity contribution in [1.29, 1.82) is 0 Å². The number of hydrogen-bond acceptors (Lipinski definition) is 3. The third-order valence-electron chi connectivity index (χ3n) is 4.08. The Bertz CT molecular complexity index is 344. The number of nitrogens with zero attached hydrogens (tertiary/aromatic N) is 3. The molecule has 0 aromatic heterocycles. The van der Waals surface area contributed by atoms with Gasteiger partial charge in [0.25, 0.3) is 0 Å². The molecule has 0 N–H and O–H groups in total. The molecule has 1 fully saturated rings. The molecule has 0 spiro atoms. The fourth-order valence-electron chi connectivity index (χ4n) is 2.81. The van der Waals surface area contributed by atoms with Gasteiger partial charge in [0.2, 0.25) is 11.8 Å². The molecule has 0 aromatic rings. The van der Waals surface area contributed by atoms with E-state index in [-0.39, 0.29) is 11.8 Å². The average molecular weight is 297 g/mol. The van der Waals surface area contributed by atoms with Crippen LogP contribution < -0.4 is 0 Å². The zero-order valence-corrected chi connectivity index (χ0v) is 14.1. The van der Waals surface area contributed by atoms with Gasteiger partial charge in [0.15, 0.2) is 0 Å². The van der Waals surface area contributed by atoms with Crippen molar-refractivity contribution in [1.82, 2.24) is 14.7 Å². The number of likely N-dealkylation sites (tertiary alicyclic amines) is 1. The molecule has 2 amide bonds. The maximum absolute atomic E-state index is 12.2. The van der Waals surface area contributed by atoms with Gasteiger partial charge in [-0.2, -0.15) is 0 Å². The number of hydrogen-bond donors (Lipinski definition) is 0. The molecule has 0 radical (unpaired) electrons. The lowest BCUT2D eigenvalue weighted by atomic mass is 10.00. The molecule has 5 nitrogen and oxygen atoms in total. The molecule has 1 aliphatic heterocycles. The lowest BCUT2D eigenvalue weighted by molar-refractivity contribution is -0.134. The van der Waals surface area contributed by atoms with Crippen LogP contribution in [0.4, 0.5) is 0 Å². The molecule has 1 unspecified atom stereocenters. The fourth-order valence-corrected chi connectivity index (χ4v) is 2.81. The van der Waals surface area contributed by atoms with Crippen molar-refractivity contribution in [2.45, 2.75) is 39.5 Å². The van der Waals surface area contributed by atoms with Crippen LogP contribution in [0, 0.1) is 5.92 Å². The largest absolute Gasteiger partial charge is 0.342 e. The van der Waals surface area contributed by atoms with E-state index >= 15 is 0 Å². The monoisotopic (exact) mass is 297 g/mol. The van der Waals surface area contributed by atoms with Gasteiger partial charge in [-0.3, -0.25) is 9.59 Å². The van der Waals surface area contributed by atoms with E-state index in [1.807, 2.05) is 19.0 Å². The van der Waals surface area contributed by atoms with E-state index in [2.05, 4.69) is 11.8 Å².